The van der Waals surface area contributed by atoms with Gasteiger partial charge in [0, 0.05) is 118 Å². The largest absolute Gasteiger partial charge is 0.309 e. The number of rotatable bonds is 8. The topological polar surface area (TPSA) is 45.5 Å². The Labute approximate surface area is 585 Å². The standard InChI is InChI=1S/C96H56N6/c1-4-16-64(17-5-1)99-86-26-14-12-24-71(86)77-47-59(30-40-88(77)99)60-32-42-90-80(50-60)81-51-63(34-44-91(81)100(90)65-18-6-2-7-19-65)67-37-38-75-76-46-57(28-35-70(76)84-55-97-53-82(67)95(75)84)58-31-41-89-79(48-58)73-36-29-62(52-94(73)101(89)66-20-8-3-9-21-66)61-33-43-92-78(49-61)72-25-13-15-27-87(72)102(92)93-45-39-74-68-22-10-11-23-69(68)83-54-98-56-85(93)96(74)83/h1-56H. The summed E-state index contributed by atoms with van der Waals surface area (Å²) in [5.41, 5.74) is 33.2. The lowest BCUT2D eigenvalue weighted by Crippen LogP contribution is -1.96. The molecule has 470 valence electrons. The van der Waals surface area contributed by atoms with E-state index in [1.54, 1.807) is 0 Å². The van der Waals surface area contributed by atoms with Crippen LogP contribution in [0.25, 0.3) is 221 Å². The molecule has 0 saturated carbocycles. The van der Waals surface area contributed by atoms with Crippen molar-refractivity contribution in [3.05, 3.63) is 340 Å². The van der Waals surface area contributed by atoms with E-state index in [1.165, 1.54) is 176 Å². The van der Waals surface area contributed by atoms with E-state index < -0.39 is 0 Å². The van der Waals surface area contributed by atoms with Crippen LogP contribution in [0.1, 0.15) is 0 Å². The normalized spacial score (nSPS) is 12.3. The van der Waals surface area contributed by atoms with E-state index in [4.69, 9.17) is 9.97 Å². The van der Waals surface area contributed by atoms with E-state index in [9.17, 15) is 0 Å². The second-order valence-corrected chi connectivity index (χ2v) is 27.6. The van der Waals surface area contributed by atoms with Gasteiger partial charge in [-0.2, -0.15) is 0 Å². The first-order chi connectivity index (χ1) is 50.6. The van der Waals surface area contributed by atoms with Crippen LogP contribution in [-0.4, -0.2) is 28.2 Å². The molecule has 0 bridgehead atoms. The van der Waals surface area contributed by atoms with Gasteiger partial charge < -0.3 is 18.3 Å². The summed E-state index contributed by atoms with van der Waals surface area (Å²) >= 11 is 0. The minimum atomic E-state index is 1.13. The molecule has 2 aliphatic rings. The lowest BCUT2D eigenvalue weighted by atomic mass is 9.94. The monoisotopic (exact) mass is 1290 g/mol. The third kappa shape index (κ3) is 7.77. The molecule has 102 heavy (non-hydrogen) atoms. The Kier molecular flexibility index (Phi) is 11.4. The highest BCUT2D eigenvalue weighted by atomic mass is 15.0. The van der Waals surface area contributed by atoms with Gasteiger partial charge in [-0.25, -0.2) is 0 Å². The lowest BCUT2D eigenvalue weighted by molar-refractivity contribution is 1.18. The maximum atomic E-state index is 5.01. The van der Waals surface area contributed by atoms with Gasteiger partial charge in [-0.15, -0.1) is 0 Å². The van der Waals surface area contributed by atoms with Gasteiger partial charge in [0.2, 0.25) is 0 Å². The Bertz CT molecular complexity index is 7200. The first-order valence-corrected chi connectivity index (χ1v) is 35.1. The molecule has 0 aliphatic heterocycles. The van der Waals surface area contributed by atoms with Crippen molar-refractivity contribution in [2.75, 3.05) is 0 Å². The van der Waals surface area contributed by atoms with Crippen molar-refractivity contribution in [3.8, 4) is 112 Å². The molecule has 6 heteroatoms. The van der Waals surface area contributed by atoms with E-state index in [1.807, 2.05) is 6.20 Å². The number of para-hydroxylation sites is 5. The highest BCUT2D eigenvalue weighted by Gasteiger charge is 2.28. The maximum Gasteiger partial charge on any atom is 0.0556 e. The average Bonchev–Trinajstić information content (AvgIpc) is 1.59. The Morgan fingerprint density at radius 1 is 0.167 bits per heavy atom. The van der Waals surface area contributed by atoms with Crippen molar-refractivity contribution >= 4 is 109 Å². The van der Waals surface area contributed by atoms with E-state index in [0.29, 0.717) is 0 Å². The van der Waals surface area contributed by atoms with Crippen LogP contribution >= 0.6 is 0 Å². The van der Waals surface area contributed by atoms with E-state index in [2.05, 4.69) is 352 Å². The molecule has 0 N–H and O–H groups in total. The van der Waals surface area contributed by atoms with Crippen molar-refractivity contribution in [3.63, 3.8) is 0 Å². The molecule has 0 spiro atoms. The van der Waals surface area contributed by atoms with E-state index in [0.717, 1.165) is 44.6 Å². The minimum Gasteiger partial charge on any atom is -0.309 e. The van der Waals surface area contributed by atoms with Crippen molar-refractivity contribution in [1.29, 1.82) is 0 Å². The van der Waals surface area contributed by atoms with Gasteiger partial charge in [0.15, 0.2) is 0 Å². The maximum absolute atomic E-state index is 5.01. The smallest absolute Gasteiger partial charge is 0.0556 e. The second kappa shape index (κ2) is 20.9. The molecule has 0 saturated heterocycles. The fourth-order valence-electron chi connectivity index (χ4n) is 17.9. The van der Waals surface area contributed by atoms with Crippen LogP contribution in [0, 0.1) is 0 Å². The number of aromatic nitrogens is 6. The van der Waals surface area contributed by atoms with Crippen molar-refractivity contribution in [2.24, 2.45) is 0 Å². The Morgan fingerprint density at radius 3 is 1.08 bits per heavy atom. The molecule has 0 radical (unpaired) electrons. The third-order valence-corrected chi connectivity index (χ3v) is 22.4. The van der Waals surface area contributed by atoms with E-state index >= 15 is 0 Å². The van der Waals surface area contributed by atoms with Gasteiger partial charge in [0.25, 0.3) is 0 Å². The number of hydrogen-bond donors (Lipinski definition) is 0. The number of fused-ring (bicyclic) bond motifs is 18. The molecule has 6 nitrogen and oxygen atoms in total. The quantitative estimate of drug-likeness (QED) is 0.152. The average molecular weight is 1290 g/mol. The minimum absolute atomic E-state index is 1.13. The third-order valence-electron chi connectivity index (χ3n) is 22.4. The van der Waals surface area contributed by atoms with Crippen LogP contribution in [0.2, 0.25) is 0 Å². The molecular weight excluding hydrogens is 1240 g/mol. The number of benzene rings is 15. The predicted molar refractivity (Wildman–Crippen MR) is 425 cm³/mol. The molecule has 21 aromatic rings. The van der Waals surface area contributed by atoms with E-state index in [-0.39, 0.29) is 0 Å². The van der Waals surface area contributed by atoms with Crippen LogP contribution in [0.5, 0.6) is 0 Å². The molecule has 0 unspecified atom stereocenters. The molecular formula is C96H56N6. The fourth-order valence-corrected chi connectivity index (χ4v) is 17.9. The zero-order chi connectivity index (χ0) is 66.4. The SMILES string of the molecule is c1ccc(-n2c3ccccc3c3cc(-c4ccc5c(c4)c4cc(-c6ccc7c8c(cncc68)-c6ccc(-c8ccc9c(c8)c8ccc(-c%10ccc%11c(c%10)c%10ccccc%10n%11-c%10ccc%11c%12c(cncc%10%12)-c%10ccccc%10-%11)cc8n9-c8ccccc8)cc6-7)ccc4n5-c4ccccc4)ccc32)cc1. The summed E-state index contributed by atoms with van der Waals surface area (Å²) in [6, 6.07) is 117. The molecule has 6 heterocycles. The lowest BCUT2D eigenvalue weighted by Gasteiger charge is -2.13. The Hall–Kier alpha value is -13.7. The predicted octanol–water partition coefficient (Wildman–Crippen LogP) is 25.1. The summed E-state index contributed by atoms with van der Waals surface area (Å²) in [7, 11) is 0. The van der Waals surface area contributed by atoms with Gasteiger partial charge in [-0.05, 0) is 205 Å². The molecule has 15 aromatic carbocycles. The summed E-state index contributed by atoms with van der Waals surface area (Å²) in [4.78, 5) is 9.85. The molecule has 6 aromatic heterocycles. The molecule has 0 atom stereocenters. The zero-order valence-corrected chi connectivity index (χ0v) is 55.0. The first kappa shape index (κ1) is 55.3. The van der Waals surface area contributed by atoms with Crippen molar-refractivity contribution in [2.45, 2.75) is 0 Å². The number of hydrogen-bond acceptors (Lipinski definition) is 2. The Morgan fingerprint density at radius 2 is 0.510 bits per heavy atom. The van der Waals surface area contributed by atoms with Gasteiger partial charge in [-0.1, -0.05) is 188 Å². The summed E-state index contributed by atoms with van der Waals surface area (Å²) in [6.45, 7) is 0. The number of nitrogens with zero attached hydrogens (tertiary/aromatic N) is 6. The van der Waals surface area contributed by atoms with Gasteiger partial charge in [0.05, 0.1) is 49.8 Å². The van der Waals surface area contributed by atoms with Crippen LogP contribution in [-0.2, 0) is 0 Å². The van der Waals surface area contributed by atoms with Gasteiger partial charge in [0.1, 0.15) is 0 Å². The highest BCUT2D eigenvalue weighted by Crippen LogP contribution is 2.53. The summed E-state index contributed by atoms with van der Waals surface area (Å²) in [5, 5.41) is 14.6. The molecule has 0 fully saturated rings. The highest BCUT2D eigenvalue weighted by molar-refractivity contribution is 6.22. The van der Waals surface area contributed by atoms with Gasteiger partial charge >= 0.3 is 0 Å². The summed E-state index contributed by atoms with van der Waals surface area (Å²) in [5.74, 6) is 0. The van der Waals surface area contributed by atoms with Crippen LogP contribution in [0.4, 0.5) is 0 Å². The fraction of sp³-hybridized carbons (Fsp3) is 0. The van der Waals surface area contributed by atoms with Crippen molar-refractivity contribution < 1.29 is 0 Å². The molecule has 2 aliphatic carbocycles. The summed E-state index contributed by atoms with van der Waals surface area (Å²) in [6.07, 6.45) is 8.23. The van der Waals surface area contributed by atoms with Crippen LogP contribution in [0.15, 0.2) is 340 Å². The van der Waals surface area contributed by atoms with Gasteiger partial charge in [-0.3, -0.25) is 9.97 Å². The second-order valence-electron chi connectivity index (χ2n) is 27.6. The number of pyridine rings is 2. The zero-order valence-electron chi connectivity index (χ0n) is 55.0. The first-order valence-electron chi connectivity index (χ1n) is 35.1. The Balaban J connectivity index is 0.615. The van der Waals surface area contributed by atoms with Crippen LogP contribution < -0.4 is 0 Å². The summed E-state index contributed by atoms with van der Waals surface area (Å²) < 4.78 is 9.69. The molecule has 0 amide bonds. The molecule has 23 rings (SSSR count). The van der Waals surface area contributed by atoms with Crippen molar-refractivity contribution in [1.82, 2.24) is 28.2 Å². The van der Waals surface area contributed by atoms with Crippen LogP contribution in [0.3, 0.4) is 0 Å².